The quantitative estimate of drug-likeness (QED) is 0.460. The number of unbranched alkanes of at least 4 members (excludes halogenated alkanes) is 7. The number of aliphatic hydroxyl groups excluding tert-OH is 1. The molecule has 0 unspecified atom stereocenters. The molecule has 94 valence electrons. The summed E-state index contributed by atoms with van der Waals surface area (Å²) in [4.78, 5) is 0. The average molecular weight is 224 g/mol. The molecule has 0 heterocycles. The molecule has 1 heteroatoms. The second-order valence-electron chi connectivity index (χ2n) is 5.82. The normalized spacial score (nSPS) is 10.9. The SMILES string of the molecule is CC(C)(C)CCCCCCCCCC#CO. The number of aliphatic hydroxyl groups is 1. The molecule has 0 radical (unpaired) electrons. The highest BCUT2D eigenvalue weighted by Gasteiger charge is 2.08. The van der Waals surface area contributed by atoms with E-state index in [9.17, 15) is 0 Å². The van der Waals surface area contributed by atoms with Crippen LogP contribution in [0.1, 0.15) is 78.6 Å². The zero-order chi connectivity index (χ0) is 12.3. The van der Waals surface area contributed by atoms with Crippen LogP contribution >= 0.6 is 0 Å². The summed E-state index contributed by atoms with van der Waals surface area (Å²) >= 11 is 0. The van der Waals surface area contributed by atoms with Crippen LogP contribution in [0, 0.1) is 17.4 Å². The van der Waals surface area contributed by atoms with Crippen LogP contribution in [-0.4, -0.2) is 5.11 Å². The Hall–Kier alpha value is -0.640. The Bertz CT molecular complexity index is 202. The first-order valence-corrected chi connectivity index (χ1v) is 6.68. The molecule has 0 rings (SSSR count). The maximum Gasteiger partial charge on any atom is 0.107 e. The van der Waals surface area contributed by atoms with Gasteiger partial charge in [-0.3, -0.25) is 0 Å². The first kappa shape index (κ1) is 15.4. The van der Waals surface area contributed by atoms with Gasteiger partial charge in [0, 0.05) is 6.42 Å². The van der Waals surface area contributed by atoms with E-state index in [2.05, 4.69) is 26.7 Å². The van der Waals surface area contributed by atoms with Crippen molar-refractivity contribution in [3.8, 4) is 12.0 Å². The van der Waals surface area contributed by atoms with E-state index in [1.807, 2.05) is 6.11 Å². The monoisotopic (exact) mass is 224 g/mol. The summed E-state index contributed by atoms with van der Waals surface area (Å²) in [7, 11) is 0. The van der Waals surface area contributed by atoms with Gasteiger partial charge in [0.15, 0.2) is 0 Å². The summed E-state index contributed by atoms with van der Waals surface area (Å²) in [5.74, 6) is 2.68. The molecule has 1 nitrogen and oxygen atoms in total. The summed E-state index contributed by atoms with van der Waals surface area (Å²) in [6, 6.07) is 0. The topological polar surface area (TPSA) is 20.2 Å². The first-order valence-electron chi connectivity index (χ1n) is 6.68. The highest BCUT2D eigenvalue weighted by Crippen LogP contribution is 2.22. The molecule has 0 bridgehead atoms. The summed E-state index contributed by atoms with van der Waals surface area (Å²) in [5, 5.41) is 8.27. The lowest BCUT2D eigenvalue weighted by atomic mass is 9.89. The minimum Gasteiger partial charge on any atom is -0.462 e. The predicted octanol–water partition coefficient (Wildman–Crippen LogP) is 4.88. The first-order chi connectivity index (χ1) is 7.56. The van der Waals surface area contributed by atoms with Gasteiger partial charge < -0.3 is 5.11 Å². The molecule has 0 amide bonds. The largest absolute Gasteiger partial charge is 0.462 e. The Morgan fingerprint density at radius 1 is 0.812 bits per heavy atom. The molecule has 0 saturated carbocycles. The van der Waals surface area contributed by atoms with Gasteiger partial charge in [-0.05, 0) is 18.3 Å². The zero-order valence-corrected chi connectivity index (χ0v) is 11.3. The van der Waals surface area contributed by atoms with Crippen LogP contribution < -0.4 is 0 Å². The van der Waals surface area contributed by atoms with Crippen LogP contribution in [0.5, 0.6) is 0 Å². The average Bonchev–Trinajstić information content (AvgIpc) is 2.19. The summed E-state index contributed by atoms with van der Waals surface area (Å²) in [6.45, 7) is 6.94. The molecule has 0 spiro atoms. The molecule has 0 aliphatic carbocycles. The minimum atomic E-state index is 0.503. The predicted molar refractivity (Wildman–Crippen MR) is 70.7 cm³/mol. The number of rotatable bonds is 8. The summed E-state index contributed by atoms with van der Waals surface area (Å²) < 4.78 is 0. The molecule has 16 heavy (non-hydrogen) atoms. The molecular formula is C15H28O. The van der Waals surface area contributed by atoms with E-state index in [4.69, 9.17) is 5.11 Å². The van der Waals surface area contributed by atoms with E-state index in [0.717, 1.165) is 12.8 Å². The molecule has 0 fully saturated rings. The Morgan fingerprint density at radius 3 is 1.81 bits per heavy atom. The van der Waals surface area contributed by atoms with E-state index < -0.39 is 0 Å². The summed E-state index contributed by atoms with van der Waals surface area (Å²) in [5.41, 5.74) is 0.503. The van der Waals surface area contributed by atoms with Crippen molar-refractivity contribution in [3.05, 3.63) is 0 Å². The fourth-order valence-corrected chi connectivity index (χ4v) is 1.81. The molecule has 1 N–H and O–H groups in total. The fourth-order valence-electron chi connectivity index (χ4n) is 1.81. The Labute approximate surface area is 102 Å². The van der Waals surface area contributed by atoms with E-state index in [0.29, 0.717) is 5.41 Å². The van der Waals surface area contributed by atoms with E-state index in [1.165, 1.54) is 44.9 Å². The van der Waals surface area contributed by atoms with Gasteiger partial charge in [-0.2, -0.15) is 0 Å². The van der Waals surface area contributed by atoms with Gasteiger partial charge in [-0.15, -0.1) is 0 Å². The second kappa shape index (κ2) is 9.58. The van der Waals surface area contributed by atoms with Gasteiger partial charge in [0.2, 0.25) is 0 Å². The van der Waals surface area contributed by atoms with Crippen LogP contribution in [0.3, 0.4) is 0 Å². The lowest BCUT2D eigenvalue weighted by molar-refractivity contribution is 0.356. The fraction of sp³-hybridized carbons (Fsp3) is 0.867. The number of hydrogen-bond acceptors (Lipinski definition) is 1. The highest BCUT2D eigenvalue weighted by atomic mass is 16.2. The van der Waals surface area contributed by atoms with Gasteiger partial charge in [0.05, 0.1) is 0 Å². The Balaban J connectivity index is 3.06. The van der Waals surface area contributed by atoms with Gasteiger partial charge in [0.25, 0.3) is 0 Å². The third-order valence-corrected chi connectivity index (χ3v) is 2.81. The van der Waals surface area contributed by atoms with Crippen molar-refractivity contribution in [3.63, 3.8) is 0 Å². The van der Waals surface area contributed by atoms with Crippen molar-refractivity contribution in [2.75, 3.05) is 0 Å². The molecule has 0 aliphatic heterocycles. The molecule has 0 aromatic carbocycles. The van der Waals surface area contributed by atoms with Crippen molar-refractivity contribution in [1.29, 1.82) is 0 Å². The maximum atomic E-state index is 8.27. The Kier molecular flexibility index (Phi) is 9.19. The Morgan fingerprint density at radius 2 is 1.31 bits per heavy atom. The smallest absolute Gasteiger partial charge is 0.107 e. The van der Waals surface area contributed by atoms with Crippen LogP contribution in [0.25, 0.3) is 0 Å². The molecule has 0 saturated heterocycles. The molecule has 0 aromatic heterocycles. The molecular weight excluding hydrogens is 196 g/mol. The zero-order valence-electron chi connectivity index (χ0n) is 11.3. The minimum absolute atomic E-state index is 0.503. The van der Waals surface area contributed by atoms with E-state index in [1.54, 1.807) is 0 Å². The van der Waals surface area contributed by atoms with Crippen molar-refractivity contribution >= 4 is 0 Å². The third-order valence-electron chi connectivity index (χ3n) is 2.81. The van der Waals surface area contributed by atoms with E-state index in [-0.39, 0.29) is 0 Å². The molecule has 0 aromatic rings. The molecule has 0 atom stereocenters. The van der Waals surface area contributed by atoms with Crippen LogP contribution in [-0.2, 0) is 0 Å². The standard InChI is InChI=1S/C15H28O/c1-15(2,3)13-11-9-7-5-4-6-8-10-12-14-16/h16H,4-11,13H2,1-3H3. The summed E-state index contributed by atoms with van der Waals surface area (Å²) in [6.07, 6.45) is 13.4. The lowest BCUT2D eigenvalue weighted by Gasteiger charge is -2.17. The van der Waals surface area contributed by atoms with Crippen molar-refractivity contribution < 1.29 is 5.11 Å². The van der Waals surface area contributed by atoms with Gasteiger partial charge in [0.1, 0.15) is 6.11 Å². The lowest BCUT2D eigenvalue weighted by Crippen LogP contribution is -2.03. The van der Waals surface area contributed by atoms with Gasteiger partial charge >= 0.3 is 0 Å². The second-order valence-corrected chi connectivity index (χ2v) is 5.82. The maximum absolute atomic E-state index is 8.27. The number of hydrogen-bond donors (Lipinski definition) is 1. The highest BCUT2D eigenvalue weighted by molar-refractivity contribution is 4.88. The van der Waals surface area contributed by atoms with Crippen molar-refractivity contribution in [2.24, 2.45) is 5.41 Å². The van der Waals surface area contributed by atoms with Crippen LogP contribution in [0.4, 0.5) is 0 Å². The third kappa shape index (κ3) is 13.4. The van der Waals surface area contributed by atoms with E-state index >= 15 is 0 Å². The van der Waals surface area contributed by atoms with Gasteiger partial charge in [-0.25, -0.2) is 0 Å². The van der Waals surface area contributed by atoms with Crippen LogP contribution in [0.15, 0.2) is 0 Å². The van der Waals surface area contributed by atoms with Gasteiger partial charge in [-0.1, -0.05) is 65.2 Å². The molecule has 0 aliphatic rings. The van der Waals surface area contributed by atoms with Crippen LogP contribution in [0.2, 0.25) is 0 Å². The van der Waals surface area contributed by atoms with Crippen molar-refractivity contribution in [2.45, 2.75) is 78.6 Å². The van der Waals surface area contributed by atoms with Crippen molar-refractivity contribution in [1.82, 2.24) is 0 Å².